The maximum atomic E-state index is 15.4. The monoisotopic (exact) mass is 558 g/mol. The Kier molecular flexibility index (Phi) is 8.13. The molecule has 1 saturated heterocycles. The maximum Gasteiger partial charge on any atom is 0.175 e. The molecule has 1 fully saturated rings. The van der Waals surface area contributed by atoms with Crippen LogP contribution in [0.5, 0.6) is 5.75 Å². The quantitative estimate of drug-likeness (QED) is 0.356. The lowest BCUT2D eigenvalue weighted by Gasteiger charge is -2.45. The van der Waals surface area contributed by atoms with Crippen LogP contribution in [0.1, 0.15) is 39.8 Å². The molecule has 0 saturated carbocycles. The van der Waals surface area contributed by atoms with Crippen LogP contribution in [0.4, 0.5) is 20.2 Å². The fourth-order valence-corrected chi connectivity index (χ4v) is 5.89. The molecule has 9 heteroatoms. The Morgan fingerprint density at radius 3 is 2.49 bits per heavy atom. The Labute approximate surface area is 239 Å². The lowest BCUT2D eigenvalue weighted by molar-refractivity contribution is 0.140. The average molecular weight is 559 g/mol. The predicted molar refractivity (Wildman–Crippen MR) is 160 cm³/mol. The summed E-state index contributed by atoms with van der Waals surface area (Å²) >= 11 is 0. The molecule has 0 aliphatic carbocycles. The van der Waals surface area contributed by atoms with Crippen LogP contribution in [-0.4, -0.2) is 47.4 Å². The van der Waals surface area contributed by atoms with Gasteiger partial charge in [0.15, 0.2) is 23.2 Å². The molecule has 1 unspecified atom stereocenters. The summed E-state index contributed by atoms with van der Waals surface area (Å²) in [6.45, 7) is 13.3. The number of ether oxygens (including phenoxy) is 1. The topological polar surface area (TPSA) is 79.7 Å². The van der Waals surface area contributed by atoms with Gasteiger partial charge < -0.3 is 19.9 Å². The maximum absolute atomic E-state index is 15.4. The Hall–Kier alpha value is -4.16. The van der Waals surface area contributed by atoms with Gasteiger partial charge in [0.2, 0.25) is 0 Å². The summed E-state index contributed by atoms with van der Waals surface area (Å²) in [5.41, 5.74) is 2.73. The Morgan fingerprint density at radius 2 is 1.83 bits per heavy atom. The summed E-state index contributed by atoms with van der Waals surface area (Å²) in [5.74, 6) is -1.38. The van der Waals surface area contributed by atoms with Gasteiger partial charge in [-0.2, -0.15) is 5.26 Å². The van der Waals surface area contributed by atoms with E-state index in [-0.39, 0.29) is 39.7 Å². The number of benzene rings is 2. The minimum absolute atomic E-state index is 0.0824. The van der Waals surface area contributed by atoms with E-state index in [0.29, 0.717) is 24.2 Å². The standard InChI is InChI=1S/C32H36F2N6O/c1-6-40-21(4)17-39(18-22(40)5)24-11-9-23(10-12-24)38-32-26(16-35)31(19(2)8-7-13-36-32)41-28-15-27(33)30-25(29(28)34)14-20(3)37-30/h7,9-15,19,21-22,37H,6,8,17-18H2,1-5H3,(H,36,38)/b13-7+,31-26?/t19?,21-,22+. The molecule has 2 aliphatic heterocycles. The van der Waals surface area contributed by atoms with E-state index in [4.69, 9.17) is 4.74 Å². The van der Waals surface area contributed by atoms with Gasteiger partial charge in [-0.15, -0.1) is 0 Å². The van der Waals surface area contributed by atoms with Crippen molar-refractivity contribution in [3.05, 3.63) is 77.3 Å². The van der Waals surface area contributed by atoms with Crippen molar-refractivity contribution in [3.8, 4) is 11.8 Å². The molecular weight excluding hydrogens is 522 g/mol. The fourth-order valence-electron chi connectivity index (χ4n) is 5.89. The van der Waals surface area contributed by atoms with Gasteiger partial charge in [0.05, 0.1) is 5.52 Å². The second-order valence-corrected chi connectivity index (χ2v) is 11.0. The number of H-pyrrole nitrogens is 1. The molecular formula is C32H36F2N6O. The van der Waals surface area contributed by atoms with Gasteiger partial charge in [0, 0.05) is 65.8 Å². The van der Waals surface area contributed by atoms with Gasteiger partial charge in [-0.25, -0.2) is 13.8 Å². The zero-order valence-corrected chi connectivity index (χ0v) is 24.1. The van der Waals surface area contributed by atoms with Crippen molar-refractivity contribution in [2.75, 3.05) is 29.9 Å². The van der Waals surface area contributed by atoms with Crippen LogP contribution in [0.3, 0.4) is 0 Å². The molecule has 1 aromatic heterocycles. The van der Waals surface area contributed by atoms with Gasteiger partial charge in [0.25, 0.3) is 0 Å². The molecule has 7 nitrogen and oxygen atoms in total. The van der Waals surface area contributed by atoms with Crippen LogP contribution < -0.4 is 15.0 Å². The van der Waals surface area contributed by atoms with Crippen molar-refractivity contribution in [1.82, 2.24) is 9.88 Å². The van der Waals surface area contributed by atoms with Crippen LogP contribution in [0.2, 0.25) is 0 Å². The zero-order valence-electron chi connectivity index (χ0n) is 24.1. The van der Waals surface area contributed by atoms with Crippen molar-refractivity contribution in [2.45, 2.75) is 53.1 Å². The number of hydrogen-bond donors (Lipinski definition) is 2. The number of fused-ring (bicyclic) bond motifs is 1. The van der Waals surface area contributed by atoms with Gasteiger partial charge in [-0.3, -0.25) is 4.90 Å². The number of allylic oxidation sites excluding steroid dienone is 2. The molecule has 2 aliphatic rings. The Morgan fingerprint density at radius 1 is 1.12 bits per heavy atom. The summed E-state index contributed by atoms with van der Waals surface area (Å²) in [4.78, 5) is 12.2. The summed E-state index contributed by atoms with van der Waals surface area (Å²) in [6, 6.07) is 13.7. The van der Waals surface area contributed by atoms with Gasteiger partial charge in [-0.1, -0.05) is 19.9 Å². The number of aromatic amines is 1. The van der Waals surface area contributed by atoms with Crippen molar-refractivity contribution >= 4 is 28.1 Å². The molecule has 2 aromatic carbocycles. The lowest BCUT2D eigenvalue weighted by Crippen LogP contribution is -2.56. The highest BCUT2D eigenvalue weighted by Crippen LogP contribution is 2.34. The third kappa shape index (κ3) is 5.70. The number of nitrogens with one attached hydrogen (secondary N) is 2. The average Bonchev–Trinajstić information content (AvgIpc) is 3.35. The van der Waals surface area contributed by atoms with Crippen LogP contribution in [0.15, 0.2) is 65.0 Å². The van der Waals surface area contributed by atoms with Crippen molar-refractivity contribution in [3.63, 3.8) is 0 Å². The minimum atomic E-state index is -0.689. The van der Waals surface area contributed by atoms with E-state index in [1.807, 2.05) is 25.1 Å². The zero-order chi connectivity index (χ0) is 29.3. The van der Waals surface area contributed by atoms with Crippen molar-refractivity contribution in [2.24, 2.45) is 10.9 Å². The molecule has 0 spiro atoms. The highest BCUT2D eigenvalue weighted by atomic mass is 19.1. The molecule has 0 radical (unpaired) electrons. The van der Waals surface area contributed by atoms with Crippen molar-refractivity contribution < 1.29 is 13.5 Å². The molecule has 5 rings (SSSR count). The van der Waals surface area contributed by atoms with Gasteiger partial charge in [0.1, 0.15) is 17.4 Å². The van der Waals surface area contributed by atoms with Gasteiger partial charge in [-0.05, 0) is 64.1 Å². The summed E-state index contributed by atoms with van der Waals surface area (Å²) < 4.78 is 36.2. The van der Waals surface area contributed by atoms with E-state index < -0.39 is 11.6 Å². The summed E-state index contributed by atoms with van der Waals surface area (Å²) in [7, 11) is 0. The molecule has 0 bridgehead atoms. The Balaban J connectivity index is 1.42. The normalized spacial score (nSPS) is 22.6. The first kappa shape index (κ1) is 28.4. The summed E-state index contributed by atoms with van der Waals surface area (Å²) in [6.07, 6.45) is 4.02. The van der Waals surface area contributed by atoms with Gasteiger partial charge >= 0.3 is 0 Å². The number of piperazine rings is 1. The minimum Gasteiger partial charge on any atom is -0.457 e. The van der Waals surface area contributed by atoms with E-state index in [0.717, 1.165) is 37.1 Å². The first-order valence-electron chi connectivity index (χ1n) is 14.1. The number of aromatic nitrogens is 1. The SMILES string of the molecule is CCN1[C@H](C)CN(c2ccc(NC3=N/C=C/CC(C)C(Oc4cc(F)c5[nH]c(C)cc5c4F)=C3C#N)cc2)C[C@@H]1C. The van der Waals surface area contributed by atoms with E-state index in [2.05, 4.69) is 64.1 Å². The molecule has 41 heavy (non-hydrogen) atoms. The molecule has 3 aromatic rings. The number of nitrogens with zero attached hydrogens (tertiary/aromatic N) is 4. The second kappa shape index (κ2) is 11.8. The molecule has 2 N–H and O–H groups in total. The van der Waals surface area contributed by atoms with Crippen LogP contribution in [0, 0.1) is 35.8 Å². The summed E-state index contributed by atoms with van der Waals surface area (Å²) in [5, 5.41) is 13.6. The lowest BCUT2D eigenvalue weighted by atomic mass is 9.99. The molecule has 0 amide bonds. The van der Waals surface area contributed by atoms with Crippen LogP contribution >= 0.6 is 0 Å². The molecule has 214 valence electrons. The van der Waals surface area contributed by atoms with E-state index in [1.165, 1.54) is 6.07 Å². The van der Waals surface area contributed by atoms with Crippen LogP contribution in [0.25, 0.3) is 10.9 Å². The number of halogens is 2. The van der Waals surface area contributed by atoms with Crippen molar-refractivity contribution in [1.29, 1.82) is 5.26 Å². The highest BCUT2D eigenvalue weighted by molar-refractivity contribution is 6.11. The predicted octanol–water partition coefficient (Wildman–Crippen LogP) is 6.89. The third-order valence-electron chi connectivity index (χ3n) is 7.92. The first-order chi connectivity index (χ1) is 19.7. The van der Waals surface area contributed by atoms with Crippen LogP contribution in [-0.2, 0) is 0 Å². The number of rotatable bonds is 5. The fraction of sp³-hybridized carbons (Fsp3) is 0.375. The molecule has 3 atom stereocenters. The largest absolute Gasteiger partial charge is 0.457 e. The number of hydrogen-bond acceptors (Lipinski definition) is 6. The smallest absolute Gasteiger partial charge is 0.175 e. The first-order valence-corrected chi connectivity index (χ1v) is 14.1. The Bertz CT molecular complexity index is 1550. The van der Waals surface area contributed by atoms with E-state index >= 15 is 4.39 Å². The van der Waals surface area contributed by atoms with E-state index in [9.17, 15) is 9.65 Å². The number of likely N-dealkylation sites (N-methyl/N-ethyl adjacent to an activating group) is 1. The highest BCUT2D eigenvalue weighted by Gasteiger charge is 2.29. The molecule has 3 heterocycles. The van der Waals surface area contributed by atoms with E-state index in [1.54, 1.807) is 13.1 Å². The second-order valence-electron chi connectivity index (χ2n) is 11.0. The number of aliphatic imine (C=N–C) groups is 1. The number of aryl methyl sites for hydroxylation is 1. The number of amidine groups is 1. The number of anilines is 2. The third-order valence-corrected chi connectivity index (χ3v) is 7.92. The number of nitriles is 1.